The van der Waals surface area contributed by atoms with Crippen molar-refractivity contribution in [1.82, 2.24) is 14.3 Å². The van der Waals surface area contributed by atoms with Gasteiger partial charge in [-0.3, -0.25) is 9.59 Å². The summed E-state index contributed by atoms with van der Waals surface area (Å²) in [6.45, 7) is 1.71. The predicted octanol–water partition coefficient (Wildman–Crippen LogP) is -0.167. The molecule has 0 aliphatic heterocycles. The van der Waals surface area contributed by atoms with Gasteiger partial charge in [-0.1, -0.05) is 6.07 Å². The van der Waals surface area contributed by atoms with E-state index in [1.165, 1.54) is 27.6 Å². The fourth-order valence-electron chi connectivity index (χ4n) is 1.79. The molecule has 0 fully saturated rings. The molecule has 0 aliphatic rings. The first kappa shape index (κ1) is 15.0. The summed E-state index contributed by atoms with van der Waals surface area (Å²) in [5, 5.41) is 4.03. The molecule has 2 aromatic rings. The van der Waals surface area contributed by atoms with Crippen LogP contribution in [0.4, 0.5) is 0 Å². The van der Waals surface area contributed by atoms with Crippen LogP contribution >= 0.6 is 0 Å². The minimum atomic E-state index is -0.260. The second kappa shape index (κ2) is 7.39. The van der Waals surface area contributed by atoms with Crippen molar-refractivity contribution in [3.8, 4) is 5.75 Å². The molecule has 2 heterocycles. The lowest BCUT2D eigenvalue weighted by molar-refractivity contribution is 0.309. The van der Waals surface area contributed by atoms with E-state index >= 15 is 0 Å². The van der Waals surface area contributed by atoms with E-state index in [0.717, 1.165) is 6.42 Å². The molecular weight excluding hydrogens is 272 g/mol. The van der Waals surface area contributed by atoms with Gasteiger partial charge in [-0.25, -0.2) is 4.68 Å². The Kier molecular flexibility index (Phi) is 5.28. The van der Waals surface area contributed by atoms with Gasteiger partial charge in [0.15, 0.2) is 0 Å². The lowest BCUT2D eigenvalue weighted by Crippen LogP contribution is -2.27. The molecule has 112 valence electrons. The highest BCUT2D eigenvalue weighted by Gasteiger charge is 2.02. The number of hydrogen-bond acceptors (Lipinski definition) is 5. The van der Waals surface area contributed by atoms with Gasteiger partial charge >= 0.3 is 0 Å². The van der Waals surface area contributed by atoms with E-state index in [4.69, 9.17) is 10.5 Å². The Bertz CT molecular complexity index is 693. The molecule has 21 heavy (non-hydrogen) atoms. The minimum Gasteiger partial charge on any atom is -0.492 e. The number of aryl methyl sites for hydroxylation is 2. The first-order chi connectivity index (χ1) is 10.2. The lowest BCUT2D eigenvalue weighted by atomic mass is 10.4. The minimum absolute atomic E-state index is 0.104. The Hall–Kier alpha value is -2.41. The summed E-state index contributed by atoms with van der Waals surface area (Å²) in [6.07, 6.45) is 3.89. The van der Waals surface area contributed by atoms with Gasteiger partial charge in [0, 0.05) is 24.9 Å². The van der Waals surface area contributed by atoms with Crippen molar-refractivity contribution in [1.29, 1.82) is 0 Å². The topological polar surface area (TPSA) is 92.1 Å². The molecule has 0 saturated carbocycles. The molecule has 0 radical (unpaired) electrons. The van der Waals surface area contributed by atoms with Crippen LogP contribution in [0.15, 0.2) is 46.2 Å². The third-order valence-corrected chi connectivity index (χ3v) is 2.91. The average Bonchev–Trinajstić information content (AvgIpc) is 2.48. The fourth-order valence-corrected chi connectivity index (χ4v) is 1.79. The van der Waals surface area contributed by atoms with E-state index in [9.17, 15) is 9.59 Å². The highest BCUT2D eigenvalue weighted by atomic mass is 16.5. The molecule has 0 bridgehead atoms. The van der Waals surface area contributed by atoms with Gasteiger partial charge in [0.25, 0.3) is 11.1 Å². The smallest absolute Gasteiger partial charge is 0.270 e. The fraction of sp³-hybridized carbons (Fsp3) is 0.357. The maximum absolute atomic E-state index is 11.9. The Morgan fingerprint density at radius 1 is 1.19 bits per heavy atom. The summed E-state index contributed by atoms with van der Waals surface area (Å²) in [7, 11) is 0. The van der Waals surface area contributed by atoms with Crippen molar-refractivity contribution in [3.63, 3.8) is 0 Å². The van der Waals surface area contributed by atoms with Crippen molar-refractivity contribution in [2.75, 3.05) is 13.2 Å². The normalized spacial score (nSPS) is 10.5. The molecule has 2 N–H and O–H groups in total. The zero-order valence-electron chi connectivity index (χ0n) is 11.6. The number of nitrogens with zero attached hydrogens (tertiary/aromatic N) is 3. The van der Waals surface area contributed by atoms with Crippen LogP contribution in [0.3, 0.4) is 0 Å². The molecule has 7 heteroatoms. The number of hydrogen-bond donors (Lipinski definition) is 1. The van der Waals surface area contributed by atoms with Crippen molar-refractivity contribution < 1.29 is 4.74 Å². The van der Waals surface area contributed by atoms with Gasteiger partial charge in [-0.15, -0.1) is 0 Å². The molecule has 2 rings (SSSR count). The number of ether oxygens (including phenoxy) is 1. The van der Waals surface area contributed by atoms with Crippen LogP contribution in [0.5, 0.6) is 5.75 Å². The highest BCUT2D eigenvalue weighted by molar-refractivity contribution is 5.13. The Morgan fingerprint density at radius 2 is 2.05 bits per heavy atom. The van der Waals surface area contributed by atoms with Gasteiger partial charge in [0.05, 0.1) is 19.3 Å². The molecule has 0 aliphatic carbocycles. The largest absolute Gasteiger partial charge is 0.492 e. The van der Waals surface area contributed by atoms with E-state index in [-0.39, 0.29) is 11.1 Å². The SMILES string of the molecule is NCCCOc1cnn(CCn2ccccc2=O)c(=O)c1. The summed E-state index contributed by atoms with van der Waals surface area (Å²) in [5.74, 6) is 0.432. The third kappa shape index (κ3) is 4.28. The van der Waals surface area contributed by atoms with Crippen LogP contribution in [0.1, 0.15) is 6.42 Å². The molecule has 2 aromatic heterocycles. The van der Waals surface area contributed by atoms with Crippen LogP contribution in [-0.2, 0) is 13.1 Å². The standard InChI is InChI=1S/C14H18N4O3/c15-5-3-9-21-12-10-14(20)18(16-11-12)8-7-17-6-2-1-4-13(17)19/h1-2,4,6,10-11H,3,5,7-9,15H2. The van der Waals surface area contributed by atoms with Crippen LogP contribution in [0, 0.1) is 0 Å². The number of pyridine rings is 1. The van der Waals surface area contributed by atoms with E-state index in [1.807, 2.05) is 0 Å². The summed E-state index contributed by atoms with van der Waals surface area (Å²) in [6, 6.07) is 6.31. The second-order valence-electron chi connectivity index (χ2n) is 4.48. The summed E-state index contributed by atoms with van der Waals surface area (Å²) in [5.41, 5.74) is 5.00. The maximum atomic E-state index is 11.9. The summed E-state index contributed by atoms with van der Waals surface area (Å²) >= 11 is 0. The van der Waals surface area contributed by atoms with Gasteiger partial charge in [-0.05, 0) is 19.0 Å². The van der Waals surface area contributed by atoms with Crippen LogP contribution in [0.2, 0.25) is 0 Å². The third-order valence-electron chi connectivity index (χ3n) is 2.91. The Labute approximate surface area is 121 Å². The van der Waals surface area contributed by atoms with Gasteiger partial charge < -0.3 is 15.0 Å². The van der Waals surface area contributed by atoms with Gasteiger partial charge in [0.1, 0.15) is 5.75 Å². The summed E-state index contributed by atoms with van der Waals surface area (Å²) in [4.78, 5) is 23.4. The number of aromatic nitrogens is 3. The molecule has 0 aromatic carbocycles. The van der Waals surface area contributed by atoms with Crippen molar-refractivity contribution in [2.45, 2.75) is 19.5 Å². The Morgan fingerprint density at radius 3 is 2.76 bits per heavy atom. The average molecular weight is 290 g/mol. The van der Waals surface area contributed by atoms with Crippen molar-refractivity contribution in [2.24, 2.45) is 5.73 Å². The maximum Gasteiger partial charge on any atom is 0.270 e. The van der Waals surface area contributed by atoms with Crippen LogP contribution in [0.25, 0.3) is 0 Å². The van der Waals surface area contributed by atoms with Crippen molar-refractivity contribution >= 4 is 0 Å². The van der Waals surface area contributed by atoms with E-state index < -0.39 is 0 Å². The molecule has 0 atom stereocenters. The summed E-state index contributed by atoms with van der Waals surface area (Å²) < 4.78 is 8.18. The molecule has 0 amide bonds. The van der Waals surface area contributed by atoms with Gasteiger partial charge in [-0.2, -0.15) is 5.10 Å². The lowest BCUT2D eigenvalue weighted by Gasteiger charge is -2.08. The van der Waals surface area contributed by atoms with Gasteiger partial charge in [0.2, 0.25) is 0 Å². The van der Waals surface area contributed by atoms with E-state index in [1.54, 1.807) is 18.3 Å². The molecule has 0 unspecified atom stereocenters. The number of nitrogens with two attached hydrogens (primary N) is 1. The first-order valence-electron chi connectivity index (χ1n) is 6.76. The zero-order chi connectivity index (χ0) is 15.1. The highest BCUT2D eigenvalue weighted by Crippen LogP contribution is 2.03. The number of rotatable bonds is 7. The van der Waals surface area contributed by atoms with Crippen molar-refractivity contribution in [3.05, 3.63) is 57.4 Å². The van der Waals surface area contributed by atoms with E-state index in [0.29, 0.717) is 32.0 Å². The second-order valence-corrected chi connectivity index (χ2v) is 4.48. The molecule has 0 spiro atoms. The first-order valence-corrected chi connectivity index (χ1v) is 6.76. The van der Waals surface area contributed by atoms with E-state index in [2.05, 4.69) is 5.10 Å². The van der Waals surface area contributed by atoms with Crippen LogP contribution in [-0.4, -0.2) is 27.5 Å². The Balaban J connectivity index is 2.00. The molecule has 7 nitrogen and oxygen atoms in total. The monoisotopic (exact) mass is 290 g/mol. The van der Waals surface area contributed by atoms with Crippen LogP contribution < -0.4 is 21.6 Å². The molecular formula is C14H18N4O3. The molecule has 0 saturated heterocycles. The predicted molar refractivity (Wildman–Crippen MR) is 78.4 cm³/mol. The quantitative estimate of drug-likeness (QED) is 0.715. The zero-order valence-corrected chi connectivity index (χ0v) is 11.6.